The first kappa shape index (κ1) is 12.9. The Labute approximate surface area is 108 Å². The van der Waals surface area contributed by atoms with Crippen molar-refractivity contribution in [3.05, 3.63) is 28.2 Å². The number of nitrogens with zero attached hydrogens (tertiary/aromatic N) is 1. The molecule has 0 aromatic heterocycles. The molecule has 0 atom stereocenters. The van der Waals surface area contributed by atoms with Crippen LogP contribution in [0.2, 0.25) is 0 Å². The van der Waals surface area contributed by atoms with E-state index in [0.29, 0.717) is 6.61 Å². The zero-order chi connectivity index (χ0) is 12.0. The Morgan fingerprint density at radius 2 is 2.44 bits per heavy atom. The fraction of sp³-hybridized carbons (Fsp3) is 0.200. The van der Waals surface area contributed by atoms with E-state index in [1.54, 1.807) is 6.21 Å². The van der Waals surface area contributed by atoms with Gasteiger partial charge < -0.3 is 10.5 Å². The van der Waals surface area contributed by atoms with Crippen LogP contribution < -0.4 is 15.9 Å². The van der Waals surface area contributed by atoms with Gasteiger partial charge >= 0.3 is 0 Å². The molecular formula is C10H12BrN3OS. The van der Waals surface area contributed by atoms with Gasteiger partial charge in [-0.15, -0.1) is 0 Å². The SMILES string of the molecule is CCOc1ccc(Br)cc1/C=N/NC(N)=S. The molecule has 0 spiro atoms. The lowest BCUT2D eigenvalue weighted by Crippen LogP contribution is -2.24. The van der Waals surface area contributed by atoms with Gasteiger partial charge in [0.25, 0.3) is 0 Å². The van der Waals surface area contributed by atoms with Crippen LogP contribution >= 0.6 is 28.1 Å². The number of halogens is 1. The third-order valence-corrected chi connectivity index (χ3v) is 2.23. The topological polar surface area (TPSA) is 59.6 Å². The molecule has 6 heteroatoms. The predicted molar refractivity (Wildman–Crippen MR) is 72.8 cm³/mol. The van der Waals surface area contributed by atoms with Crippen molar-refractivity contribution >= 4 is 39.5 Å². The number of nitrogens with one attached hydrogen (secondary N) is 1. The number of hydrogen-bond acceptors (Lipinski definition) is 3. The van der Waals surface area contributed by atoms with E-state index < -0.39 is 0 Å². The second kappa shape index (κ2) is 6.44. The number of thiocarbonyl (C=S) groups is 1. The summed E-state index contributed by atoms with van der Waals surface area (Å²) in [6, 6.07) is 5.68. The summed E-state index contributed by atoms with van der Waals surface area (Å²) in [6.45, 7) is 2.53. The van der Waals surface area contributed by atoms with Crippen LogP contribution in [-0.4, -0.2) is 17.9 Å². The van der Waals surface area contributed by atoms with E-state index in [9.17, 15) is 0 Å². The second-order valence-electron chi connectivity index (χ2n) is 2.85. The molecule has 3 N–H and O–H groups in total. The molecule has 0 radical (unpaired) electrons. The molecule has 4 nitrogen and oxygen atoms in total. The average molecular weight is 302 g/mol. The van der Waals surface area contributed by atoms with E-state index >= 15 is 0 Å². The highest BCUT2D eigenvalue weighted by atomic mass is 79.9. The van der Waals surface area contributed by atoms with Crippen LogP contribution in [0.25, 0.3) is 0 Å². The van der Waals surface area contributed by atoms with E-state index in [-0.39, 0.29) is 5.11 Å². The first-order valence-corrected chi connectivity index (χ1v) is 5.84. The summed E-state index contributed by atoms with van der Waals surface area (Å²) >= 11 is 8.01. The summed E-state index contributed by atoms with van der Waals surface area (Å²) in [7, 11) is 0. The molecule has 0 unspecified atom stereocenters. The van der Waals surface area contributed by atoms with Crippen LogP contribution in [0.15, 0.2) is 27.8 Å². The highest BCUT2D eigenvalue weighted by molar-refractivity contribution is 9.10. The van der Waals surface area contributed by atoms with Crippen LogP contribution in [0.1, 0.15) is 12.5 Å². The maximum Gasteiger partial charge on any atom is 0.184 e. The minimum atomic E-state index is 0.129. The number of benzene rings is 1. The van der Waals surface area contributed by atoms with Gasteiger partial charge in [0.05, 0.1) is 12.8 Å². The zero-order valence-corrected chi connectivity index (χ0v) is 11.1. The lowest BCUT2D eigenvalue weighted by atomic mass is 10.2. The Bertz CT molecular complexity index is 409. The van der Waals surface area contributed by atoms with Gasteiger partial charge in [-0.1, -0.05) is 15.9 Å². The largest absolute Gasteiger partial charge is 0.493 e. The fourth-order valence-corrected chi connectivity index (χ4v) is 1.50. The summed E-state index contributed by atoms with van der Waals surface area (Å²) in [5, 5.41) is 4.01. The van der Waals surface area contributed by atoms with E-state index in [4.69, 9.17) is 10.5 Å². The van der Waals surface area contributed by atoms with Crippen molar-refractivity contribution < 1.29 is 4.74 Å². The molecule has 0 saturated heterocycles. The van der Waals surface area contributed by atoms with Gasteiger partial charge in [0.2, 0.25) is 0 Å². The Morgan fingerprint density at radius 3 is 3.06 bits per heavy atom. The summed E-state index contributed by atoms with van der Waals surface area (Å²) < 4.78 is 6.40. The van der Waals surface area contributed by atoms with Crippen LogP contribution in [-0.2, 0) is 0 Å². The standard InChI is InChI=1S/C10H12BrN3OS/c1-2-15-9-4-3-8(11)5-7(9)6-13-14-10(12)16/h3-6H,2H2,1H3,(H3,12,14,16)/b13-6+. The van der Waals surface area contributed by atoms with Crippen LogP contribution in [0.4, 0.5) is 0 Å². The van der Waals surface area contributed by atoms with Crippen molar-refractivity contribution in [2.24, 2.45) is 10.8 Å². The Kier molecular flexibility index (Phi) is 5.21. The van der Waals surface area contributed by atoms with Crippen molar-refractivity contribution in [2.45, 2.75) is 6.92 Å². The van der Waals surface area contributed by atoms with Gasteiger partial charge in [-0.25, -0.2) is 0 Å². The molecule has 0 saturated carbocycles. The minimum absolute atomic E-state index is 0.129. The van der Waals surface area contributed by atoms with Crippen molar-refractivity contribution in [3.63, 3.8) is 0 Å². The van der Waals surface area contributed by atoms with Crippen molar-refractivity contribution in [1.82, 2.24) is 5.43 Å². The molecule has 0 fully saturated rings. The van der Waals surface area contributed by atoms with E-state index in [2.05, 4.69) is 38.7 Å². The lowest BCUT2D eigenvalue weighted by Gasteiger charge is -2.06. The van der Waals surface area contributed by atoms with E-state index in [1.807, 2.05) is 25.1 Å². The quantitative estimate of drug-likeness (QED) is 0.507. The number of hydrogen-bond donors (Lipinski definition) is 2. The van der Waals surface area contributed by atoms with Crippen LogP contribution in [0.5, 0.6) is 5.75 Å². The van der Waals surface area contributed by atoms with Gasteiger partial charge in [-0.05, 0) is 37.3 Å². The molecule has 86 valence electrons. The van der Waals surface area contributed by atoms with E-state index in [1.165, 1.54) is 0 Å². The predicted octanol–water partition coefficient (Wildman–Crippen LogP) is 2.01. The van der Waals surface area contributed by atoms with Crippen molar-refractivity contribution in [2.75, 3.05) is 6.61 Å². The first-order valence-electron chi connectivity index (χ1n) is 4.64. The zero-order valence-electron chi connectivity index (χ0n) is 8.74. The highest BCUT2D eigenvalue weighted by Crippen LogP contribution is 2.21. The third-order valence-electron chi connectivity index (χ3n) is 1.65. The summed E-state index contributed by atoms with van der Waals surface area (Å²) in [5.74, 6) is 0.763. The van der Waals surface area contributed by atoms with Gasteiger partial charge in [-0.2, -0.15) is 5.10 Å². The number of nitrogens with two attached hydrogens (primary N) is 1. The third kappa shape index (κ3) is 4.16. The minimum Gasteiger partial charge on any atom is -0.493 e. The van der Waals surface area contributed by atoms with Crippen LogP contribution in [0, 0.1) is 0 Å². The molecule has 1 aromatic carbocycles. The summed E-state index contributed by atoms with van der Waals surface area (Å²) in [4.78, 5) is 0. The second-order valence-corrected chi connectivity index (χ2v) is 4.20. The normalized spacial score (nSPS) is 10.4. The molecule has 16 heavy (non-hydrogen) atoms. The molecular weight excluding hydrogens is 290 g/mol. The highest BCUT2D eigenvalue weighted by Gasteiger charge is 2.01. The smallest absolute Gasteiger partial charge is 0.184 e. The summed E-state index contributed by atoms with van der Waals surface area (Å²) in [5.41, 5.74) is 8.59. The van der Waals surface area contributed by atoms with Gasteiger partial charge in [0, 0.05) is 10.0 Å². The maximum absolute atomic E-state index is 5.45. The number of rotatable bonds is 4. The molecule has 0 aliphatic rings. The fourth-order valence-electron chi connectivity index (χ4n) is 1.07. The first-order chi connectivity index (χ1) is 7.63. The monoisotopic (exact) mass is 301 g/mol. The van der Waals surface area contributed by atoms with Gasteiger partial charge in [0.15, 0.2) is 5.11 Å². The maximum atomic E-state index is 5.45. The molecule has 1 rings (SSSR count). The van der Waals surface area contributed by atoms with Crippen molar-refractivity contribution in [3.8, 4) is 5.75 Å². The Hall–Kier alpha value is -1.14. The summed E-state index contributed by atoms with van der Waals surface area (Å²) in [6.07, 6.45) is 1.61. The number of ether oxygens (including phenoxy) is 1. The Balaban J connectivity index is 2.86. The molecule has 0 aliphatic heterocycles. The molecule has 1 aromatic rings. The molecule has 0 aliphatic carbocycles. The molecule has 0 bridgehead atoms. The lowest BCUT2D eigenvalue weighted by molar-refractivity contribution is 0.339. The average Bonchev–Trinajstić information content (AvgIpc) is 2.21. The molecule has 0 amide bonds. The van der Waals surface area contributed by atoms with E-state index in [0.717, 1.165) is 15.8 Å². The Morgan fingerprint density at radius 1 is 1.69 bits per heavy atom. The van der Waals surface area contributed by atoms with Crippen LogP contribution in [0.3, 0.4) is 0 Å². The van der Waals surface area contributed by atoms with Gasteiger partial charge in [-0.3, -0.25) is 5.43 Å². The number of hydrazone groups is 1. The van der Waals surface area contributed by atoms with Gasteiger partial charge in [0.1, 0.15) is 5.75 Å². The van der Waals surface area contributed by atoms with Crippen molar-refractivity contribution in [1.29, 1.82) is 0 Å². The molecule has 0 heterocycles.